The fraction of sp³-hybridized carbons (Fsp3) is 0.333. The number of imidazole rings is 1. The molecule has 0 bridgehead atoms. The topological polar surface area (TPSA) is 70.9 Å². The highest BCUT2D eigenvalue weighted by Gasteiger charge is 2.21. The molecular weight excluding hydrogens is 282 g/mol. The Bertz CT molecular complexity index is 664. The van der Waals surface area contributed by atoms with Crippen LogP contribution >= 0.6 is 11.8 Å². The zero-order valence-corrected chi connectivity index (χ0v) is 12.9. The Labute approximate surface area is 128 Å². The molecule has 0 unspecified atom stereocenters. The van der Waals surface area contributed by atoms with Gasteiger partial charge in [-0.3, -0.25) is 5.41 Å². The Morgan fingerprint density at radius 2 is 2.29 bits per heavy atom. The Morgan fingerprint density at radius 1 is 1.43 bits per heavy atom. The van der Waals surface area contributed by atoms with Crippen molar-refractivity contribution in [3.05, 3.63) is 42.0 Å². The highest BCUT2D eigenvalue weighted by atomic mass is 32.2. The molecule has 0 radical (unpaired) electrons. The third kappa shape index (κ3) is 2.63. The minimum Gasteiger partial charge on any atom is -0.384 e. The SMILES string of the molecule is CCSc1cccc(N2CCn3ccnc3C2)c1C(=N)N. The molecule has 0 amide bonds. The first-order valence-corrected chi connectivity index (χ1v) is 8.04. The van der Waals surface area contributed by atoms with Gasteiger partial charge in [0.2, 0.25) is 0 Å². The number of nitrogens with zero attached hydrogens (tertiary/aromatic N) is 3. The van der Waals surface area contributed by atoms with Gasteiger partial charge in [-0.2, -0.15) is 0 Å². The zero-order chi connectivity index (χ0) is 14.8. The standard InChI is InChI=1S/C15H19N5S/c1-2-21-12-5-3-4-11(14(12)15(16)17)20-9-8-19-7-6-18-13(19)10-20/h3-7H,2,8-10H2,1H3,(H3,16,17). The average Bonchev–Trinajstić information content (AvgIpc) is 2.94. The molecule has 0 aliphatic carbocycles. The monoisotopic (exact) mass is 301 g/mol. The van der Waals surface area contributed by atoms with E-state index in [9.17, 15) is 0 Å². The summed E-state index contributed by atoms with van der Waals surface area (Å²) in [7, 11) is 0. The van der Waals surface area contributed by atoms with Crippen molar-refractivity contribution in [2.45, 2.75) is 24.9 Å². The van der Waals surface area contributed by atoms with Gasteiger partial charge in [-0.15, -0.1) is 11.8 Å². The maximum absolute atomic E-state index is 7.95. The molecule has 1 aromatic heterocycles. The molecule has 2 aromatic rings. The van der Waals surface area contributed by atoms with Crippen LogP contribution in [0, 0.1) is 5.41 Å². The molecule has 2 heterocycles. The summed E-state index contributed by atoms with van der Waals surface area (Å²) in [6.45, 7) is 4.69. The molecule has 21 heavy (non-hydrogen) atoms. The molecule has 0 fully saturated rings. The van der Waals surface area contributed by atoms with E-state index in [-0.39, 0.29) is 5.84 Å². The van der Waals surface area contributed by atoms with Gasteiger partial charge in [0.25, 0.3) is 0 Å². The molecule has 0 saturated heterocycles. The van der Waals surface area contributed by atoms with Crippen LogP contribution in [0.15, 0.2) is 35.5 Å². The Hall–Kier alpha value is -1.95. The Balaban J connectivity index is 1.99. The van der Waals surface area contributed by atoms with Crippen molar-refractivity contribution in [2.75, 3.05) is 17.2 Å². The minimum atomic E-state index is 0.135. The van der Waals surface area contributed by atoms with Crippen molar-refractivity contribution in [2.24, 2.45) is 5.73 Å². The van der Waals surface area contributed by atoms with Crippen LogP contribution in [0.5, 0.6) is 0 Å². The highest BCUT2D eigenvalue weighted by molar-refractivity contribution is 7.99. The molecule has 3 N–H and O–H groups in total. The number of aromatic nitrogens is 2. The van der Waals surface area contributed by atoms with Crippen molar-refractivity contribution in [3.63, 3.8) is 0 Å². The average molecular weight is 301 g/mol. The summed E-state index contributed by atoms with van der Waals surface area (Å²) in [6.07, 6.45) is 3.86. The number of fused-ring (bicyclic) bond motifs is 1. The molecule has 0 spiro atoms. The van der Waals surface area contributed by atoms with E-state index >= 15 is 0 Å². The third-order valence-electron chi connectivity index (χ3n) is 3.66. The predicted octanol–water partition coefficient (Wildman–Crippen LogP) is 2.30. The van der Waals surface area contributed by atoms with E-state index in [0.717, 1.165) is 47.4 Å². The molecule has 0 saturated carbocycles. The zero-order valence-electron chi connectivity index (χ0n) is 12.0. The predicted molar refractivity (Wildman–Crippen MR) is 87.1 cm³/mol. The van der Waals surface area contributed by atoms with Crippen molar-refractivity contribution >= 4 is 23.3 Å². The number of nitrogen functional groups attached to an aromatic ring is 1. The van der Waals surface area contributed by atoms with Gasteiger partial charge in [0, 0.05) is 36.1 Å². The van der Waals surface area contributed by atoms with Crippen LogP contribution in [0.4, 0.5) is 5.69 Å². The van der Waals surface area contributed by atoms with Crippen LogP contribution in [0.1, 0.15) is 18.3 Å². The second-order valence-electron chi connectivity index (χ2n) is 4.96. The van der Waals surface area contributed by atoms with Gasteiger partial charge in [0.05, 0.1) is 12.1 Å². The summed E-state index contributed by atoms with van der Waals surface area (Å²) in [6, 6.07) is 6.13. The second kappa shape index (κ2) is 5.81. The first kappa shape index (κ1) is 14.0. The molecule has 1 aliphatic heterocycles. The van der Waals surface area contributed by atoms with Crippen LogP contribution in [-0.2, 0) is 13.1 Å². The Kier molecular flexibility index (Phi) is 3.88. The third-order valence-corrected chi connectivity index (χ3v) is 4.60. The summed E-state index contributed by atoms with van der Waals surface area (Å²) >= 11 is 1.73. The van der Waals surface area contributed by atoms with E-state index in [1.165, 1.54) is 0 Å². The lowest BCUT2D eigenvalue weighted by Crippen LogP contribution is -2.35. The minimum absolute atomic E-state index is 0.135. The molecular formula is C15H19N5S. The number of hydrogen-bond donors (Lipinski definition) is 2. The van der Waals surface area contributed by atoms with Gasteiger partial charge >= 0.3 is 0 Å². The van der Waals surface area contributed by atoms with Gasteiger partial charge in [0.1, 0.15) is 11.7 Å². The van der Waals surface area contributed by atoms with Crippen LogP contribution in [0.2, 0.25) is 0 Å². The lowest BCUT2D eigenvalue weighted by Gasteiger charge is -2.31. The van der Waals surface area contributed by atoms with E-state index in [0.29, 0.717) is 0 Å². The van der Waals surface area contributed by atoms with Gasteiger partial charge in [-0.25, -0.2) is 4.98 Å². The van der Waals surface area contributed by atoms with Crippen molar-refractivity contribution in [1.29, 1.82) is 5.41 Å². The maximum atomic E-state index is 7.95. The second-order valence-corrected chi connectivity index (χ2v) is 6.26. The largest absolute Gasteiger partial charge is 0.384 e. The van der Waals surface area contributed by atoms with Crippen LogP contribution in [0.25, 0.3) is 0 Å². The fourth-order valence-electron chi connectivity index (χ4n) is 2.71. The summed E-state index contributed by atoms with van der Waals surface area (Å²) in [5.41, 5.74) is 7.74. The van der Waals surface area contributed by atoms with Gasteiger partial charge in [0.15, 0.2) is 0 Å². The lowest BCUT2D eigenvalue weighted by molar-refractivity contribution is 0.559. The van der Waals surface area contributed by atoms with E-state index in [4.69, 9.17) is 11.1 Å². The van der Waals surface area contributed by atoms with Crippen LogP contribution < -0.4 is 10.6 Å². The first-order chi connectivity index (χ1) is 10.2. The van der Waals surface area contributed by atoms with Crippen molar-refractivity contribution < 1.29 is 0 Å². The molecule has 110 valence electrons. The Morgan fingerprint density at radius 3 is 3.05 bits per heavy atom. The number of anilines is 1. The van der Waals surface area contributed by atoms with E-state index in [1.54, 1.807) is 11.8 Å². The summed E-state index contributed by atoms with van der Waals surface area (Å²) < 4.78 is 2.18. The number of thioether (sulfide) groups is 1. The highest BCUT2D eigenvalue weighted by Crippen LogP contribution is 2.32. The number of rotatable bonds is 4. The normalized spacial score (nSPS) is 14.0. The summed E-state index contributed by atoms with van der Waals surface area (Å²) in [5.74, 6) is 2.16. The molecule has 0 atom stereocenters. The van der Waals surface area contributed by atoms with Gasteiger partial charge < -0.3 is 15.2 Å². The smallest absolute Gasteiger partial charge is 0.128 e. The molecule has 1 aromatic carbocycles. The molecule has 3 rings (SSSR count). The maximum Gasteiger partial charge on any atom is 0.128 e. The number of nitrogens with two attached hydrogens (primary N) is 1. The lowest BCUT2D eigenvalue weighted by atomic mass is 10.1. The van der Waals surface area contributed by atoms with Crippen LogP contribution in [0.3, 0.4) is 0 Å². The molecule has 1 aliphatic rings. The van der Waals surface area contributed by atoms with E-state index < -0.39 is 0 Å². The quantitative estimate of drug-likeness (QED) is 0.516. The number of nitrogens with one attached hydrogen (secondary N) is 1. The first-order valence-electron chi connectivity index (χ1n) is 7.06. The number of hydrogen-bond acceptors (Lipinski definition) is 4. The fourth-order valence-corrected chi connectivity index (χ4v) is 3.55. The van der Waals surface area contributed by atoms with Crippen molar-refractivity contribution in [1.82, 2.24) is 9.55 Å². The van der Waals surface area contributed by atoms with E-state index in [1.807, 2.05) is 24.5 Å². The molecule has 6 heteroatoms. The molecule has 5 nitrogen and oxygen atoms in total. The van der Waals surface area contributed by atoms with Crippen molar-refractivity contribution in [3.8, 4) is 0 Å². The van der Waals surface area contributed by atoms with E-state index in [2.05, 4.69) is 27.4 Å². The van der Waals surface area contributed by atoms with Gasteiger partial charge in [-0.1, -0.05) is 13.0 Å². The van der Waals surface area contributed by atoms with Gasteiger partial charge in [-0.05, 0) is 17.9 Å². The summed E-state index contributed by atoms with van der Waals surface area (Å²) in [4.78, 5) is 7.74. The number of amidine groups is 1. The van der Waals surface area contributed by atoms with Crippen LogP contribution in [-0.4, -0.2) is 27.7 Å². The number of benzene rings is 1. The summed E-state index contributed by atoms with van der Waals surface area (Å²) in [5, 5.41) is 7.95.